The summed E-state index contributed by atoms with van der Waals surface area (Å²) in [4.78, 5) is 20.1. The van der Waals surface area contributed by atoms with Crippen LogP contribution in [-0.2, 0) is 11.3 Å². The van der Waals surface area contributed by atoms with Gasteiger partial charge in [-0.1, -0.05) is 0 Å². The predicted molar refractivity (Wildman–Crippen MR) is 84.8 cm³/mol. The third-order valence-corrected chi connectivity index (χ3v) is 3.25. The first-order valence-electron chi connectivity index (χ1n) is 7.09. The van der Waals surface area contributed by atoms with Crippen molar-refractivity contribution in [3.63, 3.8) is 0 Å². The largest absolute Gasteiger partial charge is 0.494 e. The molecule has 122 valence electrons. The molecule has 2 aromatic heterocycles. The van der Waals surface area contributed by atoms with Gasteiger partial charge in [-0.2, -0.15) is 5.10 Å². The van der Waals surface area contributed by atoms with Crippen molar-refractivity contribution in [1.29, 1.82) is 0 Å². The molecule has 0 aliphatic carbocycles. The Morgan fingerprint density at radius 1 is 1.33 bits per heavy atom. The van der Waals surface area contributed by atoms with Gasteiger partial charge in [0.25, 0.3) is 0 Å². The number of aromatic nitrogens is 4. The average molecular weight is 327 g/mol. The summed E-state index contributed by atoms with van der Waals surface area (Å²) in [7, 11) is 1.39. The second-order valence-corrected chi connectivity index (χ2v) is 4.89. The average Bonchev–Trinajstić information content (AvgIpc) is 3.08. The van der Waals surface area contributed by atoms with Crippen LogP contribution in [0.2, 0.25) is 0 Å². The van der Waals surface area contributed by atoms with E-state index < -0.39 is 5.82 Å². The number of ether oxygens (including phenoxy) is 1. The van der Waals surface area contributed by atoms with Crippen LogP contribution in [0.1, 0.15) is 0 Å². The smallest absolute Gasteiger partial charge is 0.247 e. The summed E-state index contributed by atoms with van der Waals surface area (Å²) in [6.07, 6.45) is 4.61. The maximum absolute atomic E-state index is 13.5. The molecule has 0 saturated heterocycles. The van der Waals surface area contributed by atoms with Crippen LogP contribution in [0.3, 0.4) is 0 Å². The number of carbonyl (C=O) groups excluding carboxylic acids is 1. The Kier molecular flexibility index (Phi) is 4.46. The summed E-state index contributed by atoms with van der Waals surface area (Å²) in [5, 5.41) is 6.64. The van der Waals surface area contributed by atoms with E-state index in [9.17, 15) is 9.18 Å². The Morgan fingerprint density at radius 3 is 2.96 bits per heavy atom. The van der Waals surface area contributed by atoms with E-state index in [4.69, 9.17) is 4.74 Å². The molecule has 0 saturated carbocycles. The second-order valence-electron chi connectivity index (χ2n) is 4.89. The first-order valence-corrected chi connectivity index (χ1v) is 7.09. The highest BCUT2D eigenvalue weighted by molar-refractivity contribution is 5.90. The molecule has 1 N–H and O–H groups in total. The van der Waals surface area contributed by atoms with E-state index in [0.717, 1.165) is 0 Å². The highest BCUT2D eigenvalue weighted by Crippen LogP contribution is 2.25. The van der Waals surface area contributed by atoms with Gasteiger partial charge in [-0.25, -0.2) is 14.4 Å². The molecule has 0 fully saturated rings. The molecule has 8 heteroatoms. The minimum atomic E-state index is -0.456. The van der Waals surface area contributed by atoms with Gasteiger partial charge < -0.3 is 10.1 Å². The summed E-state index contributed by atoms with van der Waals surface area (Å²) < 4.78 is 20.0. The van der Waals surface area contributed by atoms with Crippen molar-refractivity contribution in [2.75, 3.05) is 12.4 Å². The molecular formula is C16H14FN5O2. The number of carbonyl (C=O) groups is 1. The fourth-order valence-electron chi connectivity index (χ4n) is 2.13. The summed E-state index contributed by atoms with van der Waals surface area (Å²) in [6.45, 7) is 0.0801. The Balaban J connectivity index is 1.77. The number of nitrogens with zero attached hydrogens (tertiary/aromatic N) is 4. The molecular weight excluding hydrogens is 313 g/mol. The lowest BCUT2D eigenvalue weighted by molar-refractivity contribution is -0.116. The summed E-state index contributed by atoms with van der Waals surface area (Å²) in [5.74, 6) is -0.251. The molecule has 0 aliphatic heterocycles. The van der Waals surface area contributed by atoms with Crippen LogP contribution in [-0.4, -0.2) is 32.8 Å². The first kappa shape index (κ1) is 15.6. The van der Waals surface area contributed by atoms with Gasteiger partial charge in [-0.3, -0.25) is 9.48 Å². The summed E-state index contributed by atoms with van der Waals surface area (Å²) in [5.41, 5.74) is 1.19. The number of hydrogen-bond acceptors (Lipinski definition) is 5. The number of benzene rings is 1. The van der Waals surface area contributed by atoms with Crippen molar-refractivity contribution >= 4 is 11.7 Å². The maximum atomic E-state index is 13.5. The standard InChI is InChI=1S/C16H14FN5O2/c1-24-14-7-11(3-4-12(14)17)13-8-15(19-10-18-13)21-16(23)9-22-6-2-5-20-22/h2-8,10H,9H2,1H3,(H,18,19,21,23). The monoisotopic (exact) mass is 327 g/mol. The quantitative estimate of drug-likeness (QED) is 0.776. The third kappa shape index (κ3) is 3.54. The molecule has 24 heavy (non-hydrogen) atoms. The molecule has 0 atom stereocenters. The molecule has 0 aliphatic rings. The van der Waals surface area contributed by atoms with Crippen molar-refractivity contribution < 1.29 is 13.9 Å². The van der Waals surface area contributed by atoms with Crippen molar-refractivity contribution in [3.05, 3.63) is 54.9 Å². The van der Waals surface area contributed by atoms with Crippen molar-refractivity contribution in [3.8, 4) is 17.0 Å². The van der Waals surface area contributed by atoms with Gasteiger partial charge in [-0.05, 0) is 24.3 Å². The molecule has 3 aromatic rings. The van der Waals surface area contributed by atoms with E-state index in [-0.39, 0.29) is 18.2 Å². The molecule has 0 unspecified atom stereocenters. The second kappa shape index (κ2) is 6.86. The zero-order valence-corrected chi connectivity index (χ0v) is 12.8. The van der Waals surface area contributed by atoms with Crippen molar-refractivity contribution in [2.24, 2.45) is 0 Å². The first-order chi connectivity index (χ1) is 11.7. The van der Waals surface area contributed by atoms with E-state index in [1.54, 1.807) is 30.6 Å². The van der Waals surface area contributed by atoms with Crippen LogP contribution in [0.25, 0.3) is 11.3 Å². The highest BCUT2D eigenvalue weighted by atomic mass is 19.1. The zero-order chi connectivity index (χ0) is 16.9. The van der Waals surface area contributed by atoms with E-state index in [1.165, 1.54) is 30.3 Å². The number of hydrogen-bond donors (Lipinski definition) is 1. The van der Waals surface area contributed by atoms with Gasteiger partial charge in [-0.15, -0.1) is 0 Å². The number of methoxy groups -OCH3 is 1. The van der Waals surface area contributed by atoms with Gasteiger partial charge in [0.1, 0.15) is 18.7 Å². The Hall–Kier alpha value is -3.29. The van der Waals surface area contributed by atoms with Crippen LogP contribution in [0.4, 0.5) is 10.2 Å². The lowest BCUT2D eigenvalue weighted by Gasteiger charge is -2.08. The summed E-state index contributed by atoms with van der Waals surface area (Å²) >= 11 is 0. The number of halogens is 1. The summed E-state index contributed by atoms with van der Waals surface area (Å²) in [6, 6.07) is 7.75. The van der Waals surface area contributed by atoms with E-state index in [0.29, 0.717) is 17.1 Å². The van der Waals surface area contributed by atoms with Crippen LogP contribution in [0.5, 0.6) is 5.75 Å². The third-order valence-electron chi connectivity index (χ3n) is 3.25. The molecule has 2 heterocycles. The van der Waals surface area contributed by atoms with Gasteiger partial charge in [0, 0.05) is 24.0 Å². The SMILES string of the molecule is COc1cc(-c2cc(NC(=O)Cn3cccn3)ncn2)ccc1F. The van der Waals surface area contributed by atoms with Gasteiger partial charge >= 0.3 is 0 Å². The number of rotatable bonds is 5. The van der Waals surface area contributed by atoms with Crippen LogP contribution in [0.15, 0.2) is 49.1 Å². The Morgan fingerprint density at radius 2 is 2.21 bits per heavy atom. The Bertz CT molecular complexity index is 851. The van der Waals surface area contributed by atoms with Crippen LogP contribution < -0.4 is 10.1 Å². The van der Waals surface area contributed by atoms with Crippen LogP contribution >= 0.6 is 0 Å². The minimum absolute atomic E-state index is 0.0801. The topological polar surface area (TPSA) is 81.9 Å². The van der Waals surface area contributed by atoms with Crippen molar-refractivity contribution in [1.82, 2.24) is 19.7 Å². The lowest BCUT2D eigenvalue weighted by Crippen LogP contribution is -2.19. The Labute approximate surface area is 137 Å². The van der Waals surface area contributed by atoms with E-state index >= 15 is 0 Å². The molecule has 0 radical (unpaired) electrons. The van der Waals surface area contributed by atoms with Crippen LogP contribution in [0, 0.1) is 5.82 Å². The molecule has 1 amide bonds. The lowest BCUT2D eigenvalue weighted by atomic mass is 10.1. The van der Waals surface area contributed by atoms with Gasteiger partial charge in [0.2, 0.25) is 5.91 Å². The normalized spacial score (nSPS) is 10.4. The van der Waals surface area contributed by atoms with Gasteiger partial charge in [0.15, 0.2) is 11.6 Å². The fourth-order valence-corrected chi connectivity index (χ4v) is 2.13. The number of amides is 1. The van der Waals surface area contributed by atoms with E-state index in [2.05, 4.69) is 20.4 Å². The number of nitrogens with one attached hydrogen (secondary N) is 1. The zero-order valence-electron chi connectivity index (χ0n) is 12.8. The molecule has 0 spiro atoms. The van der Waals surface area contributed by atoms with Crippen molar-refractivity contribution in [2.45, 2.75) is 6.54 Å². The number of anilines is 1. The molecule has 1 aromatic carbocycles. The fraction of sp³-hybridized carbons (Fsp3) is 0.125. The molecule has 0 bridgehead atoms. The highest BCUT2D eigenvalue weighted by Gasteiger charge is 2.09. The van der Waals surface area contributed by atoms with Gasteiger partial charge in [0.05, 0.1) is 12.8 Å². The van der Waals surface area contributed by atoms with E-state index in [1.807, 2.05) is 0 Å². The molecule has 3 rings (SSSR count). The minimum Gasteiger partial charge on any atom is -0.494 e. The maximum Gasteiger partial charge on any atom is 0.247 e. The predicted octanol–water partition coefficient (Wildman–Crippen LogP) is 2.13. The molecule has 7 nitrogen and oxygen atoms in total.